The summed E-state index contributed by atoms with van der Waals surface area (Å²) in [6.07, 6.45) is 3.93. The number of aryl methyl sites for hydroxylation is 2. The number of pyridine rings is 1. The minimum atomic E-state index is -0.125. The molecule has 2 aromatic carbocycles. The molecule has 6 heteroatoms. The first-order valence-electron chi connectivity index (χ1n) is 11.0. The lowest BCUT2D eigenvalue weighted by Gasteiger charge is -2.30. The predicted molar refractivity (Wildman–Crippen MR) is 136 cm³/mol. The maximum absolute atomic E-state index is 5.88. The summed E-state index contributed by atoms with van der Waals surface area (Å²) >= 11 is 5.88. The maximum Gasteiger partial charge on any atom is 0.174 e. The van der Waals surface area contributed by atoms with Crippen molar-refractivity contribution in [3.8, 4) is 11.4 Å². The van der Waals surface area contributed by atoms with E-state index in [1.54, 1.807) is 7.11 Å². The number of ether oxygens (including phenoxy) is 1. The SMILES string of the molecule is COc1ccccc1N1C(=S)N[C@H](c2ccccn2)[C@@H]1c1cccn1-c1ccc(C)c(C)c1. The van der Waals surface area contributed by atoms with Gasteiger partial charge in [0.05, 0.1) is 24.5 Å². The molecule has 1 N–H and O–H groups in total. The lowest BCUT2D eigenvalue weighted by Crippen LogP contribution is -2.30. The van der Waals surface area contributed by atoms with Gasteiger partial charge in [-0.1, -0.05) is 24.3 Å². The van der Waals surface area contributed by atoms with Crippen LogP contribution in [0.15, 0.2) is 85.2 Å². The molecule has 0 saturated carbocycles. The van der Waals surface area contributed by atoms with Gasteiger partial charge in [0.15, 0.2) is 5.11 Å². The van der Waals surface area contributed by atoms with Crippen molar-refractivity contribution in [2.24, 2.45) is 0 Å². The van der Waals surface area contributed by atoms with Crippen LogP contribution in [0.1, 0.15) is 34.6 Å². The van der Waals surface area contributed by atoms with E-state index < -0.39 is 0 Å². The number of hydrogen-bond acceptors (Lipinski definition) is 3. The molecule has 166 valence electrons. The van der Waals surface area contributed by atoms with Gasteiger partial charge in [0, 0.05) is 23.8 Å². The van der Waals surface area contributed by atoms with Crippen LogP contribution < -0.4 is 15.0 Å². The summed E-state index contributed by atoms with van der Waals surface area (Å²) in [5.41, 5.74) is 6.64. The highest BCUT2D eigenvalue weighted by molar-refractivity contribution is 7.80. The number of nitrogens with one attached hydrogen (secondary N) is 1. The molecule has 1 fully saturated rings. The highest BCUT2D eigenvalue weighted by atomic mass is 32.1. The third kappa shape index (κ3) is 3.76. The highest BCUT2D eigenvalue weighted by Crippen LogP contribution is 2.44. The van der Waals surface area contributed by atoms with E-state index >= 15 is 0 Å². The largest absolute Gasteiger partial charge is 0.495 e. The van der Waals surface area contributed by atoms with Gasteiger partial charge in [-0.2, -0.15) is 0 Å². The second kappa shape index (κ2) is 8.71. The zero-order chi connectivity index (χ0) is 22.9. The quantitative estimate of drug-likeness (QED) is 0.393. The Bertz CT molecular complexity index is 1300. The highest BCUT2D eigenvalue weighted by Gasteiger charge is 2.43. The molecule has 1 aliphatic rings. The first-order valence-corrected chi connectivity index (χ1v) is 11.4. The number of methoxy groups -OCH3 is 1. The molecule has 1 saturated heterocycles. The molecule has 2 aromatic heterocycles. The van der Waals surface area contributed by atoms with E-state index in [4.69, 9.17) is 17.0 Å². The average Bonchev–Trinajstić information content (AvgIpc) is 3.45. The van der Waals surface area contributed by atoms with Crippen molar-refractivity contribution in [3.63, 3.8) is 0 Å². The predicted octanol–water partition coefficient (Wildman–Crippen LogP) is 5.67. The molecular weight excluding hydrogens is 428 g/mol. The fourth-order valence-electron chi connectivity index (χ4n) is 4.49. The fourth-order valence-corrected chi connectivity index (χ4v) is 4.83. The average molecular weight is 455 g/mol. The zero-order valence-electron chi connectivity index (χ0n) is 18.9. The molecule has 0 spiro atoms. The number of hydrogen-bond donors (Lipinski definition) is 1. The van der Waals surface area contributed by atoms with E-state index in [1.807, 2.05) is 48.7 Å². The van der Waals surface area contributed by atoms with Gasteiger partial charge in [-0.3, -0.25) is 4.98 Å². The van der Waals surface area contributed by atoms with Gasteiger partial charge in [0.2, 0.25) is 0 Å². The minimum absolute atomic E-state index is 0.121. The van der Waals surface area contributed by atoms with Crippen molar-refractivity contribution in [2.45, 2.75) is 25.9 Å². The number of nitrogens with zero attached hydrogens (tertiary/aromatic N) is 3. The van der Waals surface area contributed by atoms with Crippen LogP contribution >= 0.6 is 12.2 Å². The van der Waals surface area contributed by atoms with E-state index in [-0.39, 0.29) is 12.1 Å². The van der Waals surface area contributed by atoms with Gasteiger partial charge in [-0.25, -0.2) is 0 Å². The molecule has 5 rings (SSSR count). The van der Waals surface area contributed by atoms with Gasteiger partial charge >= 0.3 is 0 Å². The van der Waals surface area contributed by atoms with Gasteiger partial charge in [0.25, 0.3) is 0 Å². The molecule has 3 heterocycles. The van der Waals surface area contributed by atoms with E-state index in [0.717, 1.165) is 28.5 Å². The molecule has 5 nitrogen and oxygen atoms in total. The topological polar surface area (TPSA) is 42.3 Å². The van der Waals surface area contributed by atoms with E-state index in [9.17, 15) is 0 Å². The van der Waals surface area contributed by atoms with E-state index in [2.05, 4.69) is 70.1 Å². The second-order valence-corrected chi connectivity index (χ2v) is 8.63. The molecule has 1 aliphatic heterocycles. The summed E-state index contributed by atoms with van der Waals surface area (Å²) < 4.78 is 7.95. The Kier molecular flexibility index (Phi) is 5.60. The van der Waals surface area contributed by atoms with Crippen LogP contribution in [0.3, 0.4) is 0 Å². The van der Waals surface area contributed by atoms with Crippen molar-refractivity contribution in [1.82, 2.24) is 14.9 Å². The zero-order valence-corrected chi connectivity index (χ0v) is 19.7. The maximum atomic E-state index is 5.88. The van der Waals surface area contributed by atoms with Crippen LogP contribution in [-0.2, 0) is 0 Å². The molecule has 2 atom stereocenters. The smallest absolute Gasteiger partial charge is 0.174 e. The van der Waals surface area contributed by atoms with Gasteiger partial charge in [-0.05, 0) is 85.7 Å². The lowest BCUT2D eigenvalue weighted by molar-refractivity contribution is 0.414. The summed E-state index contributed by atoms with van der Waals surface area (Å²) in [4.78, 5) is 6.82. The molecular formula is C27H26N4OS. The number of benzene rings is 2. The van der Waals surface area contributed by atoms with Crippen molar-refractivity contribution >= 4 is 23.0 Å². The van der Waals surface area contributed by atoms with Crippen LogP contribution in [0.5, 0.6) is 5.75 Å². The van der Waals surface area contributed by atoms with Crippen molar-refractivity contribution in [3.05, 3.63) is 108 Å². The second-order valence-electron chi connectivity index (χ2n) is 8.24. The van der Waals surface area contributed by atoms with Crippen molar-refractivity contribution < 1.29 is 4.74 Å². The molecule has 0 unspecified atom stereocenters. The molecule has 4 aromatic rings. The van der Waals surface area contributed by atoms with Crippen molar-refractivity contribution in [1.29, 1.82) is 0 Å². The molecule has 0 aliphatic carbocycles. The normalized spacial score (nSPS) is 17.8. The summed E-state index contributed by atoms with van der Waals surface area (Å²) in [6, 6.07) is 24.5. The number of aromatic nitrogens is 2. The van der Waals surface area contributed by atoms with Crippen LogP contribution in [0.2, 0.25) is 0 Å². The standard InChI is InChI=1S/C27H26N4OS/c1-18-13-14-20(17-19(18)2)30-16-8-11-23(30)26-25(21-9-6-7-15-28-21)29-27(33)31(26)22-10-4-5-12-24(22)32-3/h4-17,25-26H,1-3H3,(H,29,33)/t25-,26+/m1/s1. The van der Waals surface area contributed by atoms with Crippen LogP contribution in [0, 0.1) is 13.8 Å². The summed E-state index contributed by atoms with van der Waals surface area (Å²) in [5, 5.41) is 4.18. The van der Waals surface area contributed by atoms with E-state index in [1.165, 1.54) is 11.1 Å². The van der Waals surface area contributed by atoms with Crippen LogP contribution in [0.4, 0.5) is 5.69 Å². The third-order valence-corrected chi connectivity index (χ3v) is 6.61. The Morgan fingerprint density at radius 1 is 0.939 bits per heavy atom. The summed E-state index contributed by atoms with van der Waals surface area (Å²) in [5.74, 6) is 0.776. The Labute approximate surface area is 199 Å². The Hall–Kier alpha value is -3.64. The monoisotopic (exact) mass is 454 g/mol. The van der Waals surface area contributed by atoms with E-state index in [0.29, 0.717) is 5.11 Å². The number of para-hydroxylation sites is 2. The number of anilines is 1. The fraction of sp³-hybridized carbons (Fsp3) is 0.185. The molecule has 0 amide bonds. The Morgan fingerprint density at radius 3 is 2.52 bits per heavy atom. The summed E-state index contributed by atoms with van der Waals surface area (Å²) in [7, 11) is 1.69. The van der Waals surface area contributed by atoms with Crippen LogP contribution in [0.25, 0.3) is 5.69 Å². The van der Waals surface area contributed by atoms with Crippen LogP contribution in [-0.4, -0.2) is 21.8 Å². The number of rotatable bonds is 5. The van der Waals surface area contributed by atoms with Gasteiger partial charge in [0.1, 0.15) is 11.8 Å². The van der Waals surface area contributed by atoms with Gasteiger partial charge < -0.3 is 19.5 Å². The minimum Gasteiger partial charge on any atom is -0.495 e. The Balaban J connectivity index is 1.69. The molecule has 33 heavy (non-hydrogen) atoms. The summed E-state index contributed by atoms with van der Waals surface area (Å²) in [6.45, 7) is 4.28. The molecule has 0 radical (unpaired) electrons. The van der Waals surface area contributed by atoms with Crippen molar-refractivity contribution in [2.75, 3.05) is 12.0 Å². The first-order chi connectivity index (χ1) is 16.1. The first kappa shape index (κ1) is 21.2. The lowest BCUT2D eigenvalue weighted by atomic mass is 10.0. The number of thiocarbonyl (C=S) groups is 1. The van der Waals surface area contributed by atoms with Gasteiger partial charge in [-0.15, -0.1) is 0 Å². The third-order valence-electron chi connectivity index (χ3n) is 6.29. The molecule has 0 bridgehead atoms. The Morgan fingerprint density at radius 2 is 1.76 bits per heavy atom.